The van der Waals surface area contributed by atoms with Gasteiger partial charge in [0, 0.05) is 0 Å². The van der Waals surface area contributed by atoms with Crippen LogP contribution in [0.15, 0.2) is 66.6 Å². The Morgan fingerprint density at radius 3 is 2.26 bits per heavy atom. The quantitative estimate of drug-likeness (QED) is 0.553. The maximum Gasteiger partial charge on any atom is 0.0629 e. The summed E-state index contributed by atoms with van der Waals surface area (Å²) in [6.45, 7) is 3.78. The van der Waals surface area contributed by atoms with Crippen LogP contribution in [0.25, 0.3) is 21.9 Å². The molecule has 0 heterocycles. The van der Waals surface area contributed by atoms with Crippen molar-refractivity contribution in [2.45, 2.75) is 19.8 Å². The largest absolute Gasteiger partial charge is 0.0629 e. The molecule has 0 aliphatic heterocycles. The fourth-order valence-electron chi connectivity index (χ4n) is 2.19. The lowest BCUT2D eigenvalue weighted by Gasteiger charge is -2.09. The van der Waals surface area contributed by atoms with E-state index < -0.39 is 0 Å². The zero-order chi connectivity index (χ0) is 16.7. The second-order valence-electron chi connectivity index (χ2n) is 4.97. The number of hydrogen-bond donors (Lipinski definition) is 0. The lowest BCUT2D eigenvalue weighted by atomic mass is 9.95. The molecular formula is C19H18. The van der Waals surface area contributed by atoms with Crippen molar-refractivity contribution >= 4 is 10.8 Å². The van der Waals surface area contributed by atoms with Crippen LogP contribution < -0.4 is 0 Å². The van der Waals surface area contributed by atoms with Gasteiger partial charge in [-0.15, -0.1) is 0 Å². The molecule has 0 fully saturated rings. The topological polar surface area (TPSA) is 0 Å². The van der Waals surface area contributed by atoms with E-state index >= 15 is 0 Å². The Hall–Kier alpha value is -2.08. The summed E-state index contributed by atoms with van der Waals surface area (Å²) >= 11 is 0. The average molecular weight is 250 g/mol. The van der Waals surface area contributed by atoms with Crippen molar-refractivity contribution in [2.75, 3.05) is 0 Å². The van der Waals surface area contributed by atoms with E-state index in [1.54, 1.807) is 0 Å². The zero-order valence-electron chi connectivity index (χ0n) is 15.1. The van der Waals surface area contributed by atoms with Gasteiger partial charge < -0.3 is 0 Å². The van der Waals surface area contributed by atoms with Crippen molar-refractivity contribution in [1.82, 2.24) is 0 Å². The van der Waals surface area contributed by atoms with Gasteiger partial charge in [-0.05, 0) is 33.4 Å². The third kappa shape index (κ3) is 2.26. The first-order valence-electron chi connectivity index (χ1n) is 8.51. The number of benzene rings is 3. The fraction of sp³-hybridized carbons (Fsp3) is 0.158. The maximum absolute atomic E-state index is 8.39. The van der Waals surface area contributed by atoms with Gasteiger partial charge >= 0.3 is 0 Å². The van der Waals surface area contributed by atoms with E-state index in [-0.39, 0.29) is 30.1 Å². The van der Waals surface area contributed by atoms with E-state index in [1.165, 1.54) is 0 Å². The van der Waals surface area contributed by atoms with Crippen LogP contribution in [0.1, 0.15) is 30.8 Å². The highest BCUT2D eigenvalue weighted by atomic mass is 14.1. The van der Waals surface area contributed by atoms with Crippen LogP contribution in [-0.2, 0) is 0 Å². The number of fused-ring (bicyclic) bond motifs is 1. The minimum Gasteiger partial charge on any atom is -0.0616 e. The Kier molecular flexibility index (Phi) is 2.10. The maximum atomic E-state index is 8.39. The minimum absolute atomic E-state index is 0.0334. The Morgan fingerprint density at radius 2 is 1.53 bits per heavy atom. The monoisotopic (exact) mass is 250 g/mol. The smallest absolute Gasteiger partial charge is 0.0616 e. The molecule has 0 radical (unpaired) electrons. The van der Waals surface area contributed by atoms with Gasteiger partial charge in [0.25, 0.3) is 0 Å². The van der Waals surface area contributed by atoms with Gasteiger partial charge in [-0.25, -0.2) is 0 Å². The molecule has 0 aliphatic rings. The summed E-state index contributed by atoms with van der Waals surface area (Å²) < 4.78 is 33.3. The van der Waals surface area contributed by atoms with Crippen LogP contribution in [0.4, 0.5) is 0 Å². The Balaban J connectivity index is 2.41. The molecule has 3 rings (SSSR count). The summed E-state index contributed by atoms with van der Waals surface area (Å²) in [5.41, 5.74) is 1.60. The van der Waals surface area contributed by atoms with Crippen molar-refractivity contribution in [2.24, 2.45) is 0 Å². The molecule has 0 N–H and O–H groups in total. The predicted molar refractivity (Wildman–Crippen MR) is 83.5 cm³/mol. The summed E-state index contributed by atoms with van der Waals surface area (Å²) in [5, 5.41) is 1.96. The van der Waals surface area contributed by atoms with Gasteiger partial charge in [0.05, 0.1) is 5.48 Å². The van der Waals surface area contributed by atoms with Crippen LogP contribution >= 0.6 is 0 Å². The summed E-state index contributed by atoms with van der Waals surface area (Å²) in [5.74, 6) is -0.0511. The third-order valence-corrected chi connectivity index (χ3v) is 3.28. The first-order chi connectivity index (χ1) is 10.9. The van der Waals surface area contributed by atoms with Gasteiger partial charge in [0.1, 0.15) is 0 Å². The lowest BCUT2D eigenvalue weighted by Crippen LogP contribution is -1.87. The highest BCUT2D eigenvalue weighted by Gasteiger charge is 2.04. The minimum atomic E-state index is -0.0511. The van der Waals surface area contributed by atoms with E-state index in [1.807, 2.05) is 56.3 Å². The molecule has 19 heavy (non-hydrogen) atoms. The highest BCUT2D eigenvalue weighted by Crippen LogP contribution is 2.29. The average Bonchev–Trinajstić information content (AvgIpc) is 2.53. The molecule has 0 heteroatoms. The molecule has 3 aromatic carbocycles. The SMILES string of the molecule is [2H]c1c([2H])c(C(C)C)c([2H])c([2H])c1-c1cccc2ccccc12. The Labute approximate surface area is 120 Å². The second-order valence-corrected chi connectivity index (χ2v) is 4.97. The molecule has 0 spiro atoms. The lowest BCUT2D eigenvalue weighted by molar-refractivity contribution is 0.867. The summed E-state index contributed by atoms with van der Waals surface area (Å²) in [6.07, 6.45) is 0. The van der Waals surface area contributed by atoms with Crippen molar-refractivity contribution < 1.29 is 5.48 Å². The van der Waals surface area contributed by atoms with Gasteiger partial charge in [0.2, 0.25) is 0 Å². The molecule has 0 saturated heterocycles. The highest BCUT2D eigenvalue weighted by molar-refractivity contribution is 5.96. The fourth-order valence-corrected chi connectivity index (χ4v) is 2.19. The number of hydrogen-bond acceptors (Lipinski definition) is 0. The first-order valence-corrected chi connectivity index (χ1v) is 6.51. The summed E-state index contributed by atoms with van der Waals surface area (Å²) in [6, 6.07) is 13.7. The molecule has 0 bridgehead atoms. The molecule has 0 unspecified atom stereocenters. The van der Waals surface area contributed by atoms with Gasteiger partial charge in [-0.1, -0.05) is 80.5 Å². The van der Waals surface area contributed by atoms with E-state index in [2.05, 4.69) is 0 Å². The van der Waals surface area contributed by atoms with E-state index in [4.69, 9.17) is 5.48 Å². The van der Waals surface area contributed by atoms with E-state index in [0.29, 0.717) is 11.1 Å². The summed E-state index contributed by atoms with van der Waals surface area (Å²) in [4.78, 5) is 0. The van der Waals surface area contributed by atoms with E-state index in [9.17, 15) is 0 Å². The molecule has 94 valence electrons. The standard InChI is InChI=1S/C19H18/c1-14(2)15-10-12-17(13-11-15)19-9-5-7-16-6-3-4-8-18(16)19/h3-14H,1-2H3/i10D,11D,12D,13D. The molecule has 3 aromatic rings. The van der Waals surface area contributed by atoms with Gasteiger partial charge in [-0.2, -0.15) is 0 Å². The zero-order valence-corrected chi connectivity index (χ0v) is 11.1. The van der Waals surface area contributed by atoms with Crippen molar-refractivity contribution in [1.29, 1.82) is 0 Å². The molecular weight excluding hydrogens is 228 g/mol. The van der Waals surface area contributed by atoms with Crippen molar-refractivity contribution in [3.8, 4) is 11.1 Å². The van der Waals surface area contributed by atoms with Gasteiger partial charge in [-0.3, -0.25) is 0 Å². The predicted octanol–water partition coefficient (Wildman–Crippen LogP) is 5.63. The molecule has 0 aromatic heterocycles. The van der Waals surface area contributed by atoms with Crippen LogP contribution in [0.5, 0.6) is 0 Å². The third-order valence-electron chi connectivity index (χ3n) is 3.28. The molecule has 0 atom stereocenters. The molecule has 0 saturated carbocycles. The molecule has 0 aliphatic carbocycles. The Bertz CT molecular complexity index is 863. The van der Waals surface area contributed by atoms with Crippen molar-refractivity contribution in [3.63, 3.8) is 0 Å². The first kappa shape index (κ1) is 8.16. The second kappa shape index (κ2) is 4.89. The normalized spacial score (nSPS) is 14.1. The van der Waals surface area contributed by atoms with Crippen LogP contribution in [0, 0.1) is 0 Å². The number of rotatable bonds is 2. The van der Waals surface area contributed by atoms with Gasteiger partial charge in [0.15, 0.2) is 0 Å². The van der Waals surface area contributed by atoms with E-state index in [0.717, 1.165) is 16.3 Å². The van der Waals surface area contributed by atoms with Crippen LogP contribution in [0.2, 0.25) is 0 Å². The Morgan fingerprint density at radius 1 is 0.842 bits per heavy atom. The molecule has 0 amide bonds. The van der Waals surface area contributed by atoms with Crippen LogP contribution in [0.3, 0.4) is 0 Å². The molecule has 0 nitrogen and oxygen atoms in total. The summed E-state index contributed by atoms with van der Waals surface area (Å²) in [7, 11) is 0. The van der Waals surface area contributed by atoms with Crippen molar-refractivity contribution in [3.05, 3.63) is 72.2 Å². The van der Waals surface area contributed by atoms with Crippen LogP contribution in [-0.4, -0.2) is 0 Å².